The molecule has 2 heterocycles. The molecule has 1 aromatic heterocycles. The molecule has 2 amide bonds. The predicted molar refractivity (Wildman–Crippen MR) is 102 cm³/mol. The molecule has 1 aliphatic heterocycles. The summed E-state index contributed by atoms with van der Waals surface area (Å²) in [5.41, 5.74) is 0.469. The average Bonchev–Trinajstić information content (AvgIpc) is 3.28. The number of ether oxygens (including phenoxy) is 1. The van der Waals surface area contributed by atoms with E-state index in [1.807, 2.05) is 6.92 Å². The van der Waals surface area contributed by atoms with Crippen LogP contribution in [0.3, 0.4) is 0 Å². The molecule has 0 bridgehead atoms. The van der Waals surface area contributed by atoms with Gasteiger partial charge in [-0.05, 0) is 37.2 Å². The lowest BCUT2D eigenvalue weighted by atomic mass is 9.91. The first-order chi connectivity index (χ1) is 12.8. The largest absolute Gasteiger partial charge is 0.368 e. The van der Waals surface area contributed by atoms with E-state index >= 15 is 0 Å². The molecule has 0 saturated carbocycles. The van der Waals surface area contributed by atoms with Gasteiger partial charge in [0, 0.05) is 12.4 Å². The number of amides is 2. The van der Waals surface area contributed by atoms with Gasteiger partial charge in [-0.2, -0.15) is 0 Å². The Kier molecular flexibility index (Phi) is 7.59. The Morgan fingerprint density at radius 2 is 2.04 bits per heavy atom. The Morgan fingerprint density at radius 3 is 2.63 bits per heavy atom. The van der Waals surface area contributed by atoms with Gasteiger partial charge in [-0.25, -0.2) is 0 Å². The molecule has 3 unspecified atom stereocenters. The quantitative estimate of drug-likeness (QED) is 0.613. The van der Waals surface area contributed by atoms with Crippen LogP contribution >= 0.6 is 0 Å². The summed E-state index contributed by atoms with van der Waals surface area (Å²) < 4.78 is 5.42. The maximum atomic E-state index is 12.9. The van der Waals surface area contributed by atoms with Gasteiger partial charge in [0.1, 0.15) is 18.7 Å². The smallest absolute Gasteiger partial charge is 0.253 e. The number of carbonyl (C=O) groups excluding carboxylic acids is 3. The van der Waals surface area contributed by atoms with E-state index in [1.165, 1.54) is 0 Å². The van der Waals surface area contributed by atoms with Crippen molar-refractivity contribution in [2.45, 2.75) is 65.1 Å². The Hall–Kier alpha value is -2.15. The summed E-state index contributed by atoms with van der Waals surface area (Å²) in [6, 6.07) is 0.318. The van der Waals surface area contributed by atoms with Crippen LogP contribution in [0.25, 0.3) is 0 Å². The van der Waals surface area contributed by atoms with Gasteiger partial charge in [0.15, 0.2) is 5.78 Å². The maximum Gasteiger partial charge on any atom is 0.253 e. The van der Waals surface area contributed by atoms with Crippen molar-refractivity contribution >= 4 is 17.6 Å². The predicted octanol–water partition coefficient (Wildman–Crippen LogP) is 2.05. The fourth-order valence-corrected chi connectivity index (χ4v) is 3.10. The number of aromatic nitrogens is 1. The van der Waals surface area contributed by atoms with Crippen LogP contribution in [0.4, 0.5) is 0 Å². The van der Waals surface area contributed by atoms with E-state index in [4.69, 9.17) is 4.74 Å². The van der Waals surface area contributed by atoms with Crippen LogP contribution in [0.2, 0.25) is 0 Å². The molecule has 27 heavy (non-hydrogen) atoms. The van der Waals surface area contributed by atoms with E-state index in [9.17, 15) is 14.4 Å². The molecular formula is C20H31N3O4. The second-order valence-corrected chi connectivity index (χ2v) is 7.63. The van der Waals surface area contributed by atoms with Crippen LogP contribution in [-0.2, 0) is 14.3 Å². The Balaban J connectivity index is 2.06. The molecule has 0 radical (unpaired) electrons. The fourth-order valence-electron chi connectivity index (χ4n) is 3.10. The Morgan fingerprint density at radius 1 is 1.30 bits per heavy atom. The normalized spacial score (nSPS) is 21.9. The highest BCUT2D eigenvalue weighted by atomic mass is 16.5. The molecule has 150 valence electrons. The van der Waals surface area contributed by atoms with Gasteiger partial charge in [0.2, 0.25) is 5.91 Å². The second-order valence-electron chi connectivity index (χ2n) is 7.63. The van der Waals surface area contributed by atoms with Crippen molar-refractivity contribution in [3.63, 3.8) is 0 Å². The van der Waals surface area contributed by atoms with Crippen molar-refractivity contribution in [2.24, 2.45) is 11.8 Å². The molecule has 1 aromatic rings. The third-order valence-corrected chi connectivity index (χ3v) is 5.39. The highest BCUT2D eigenvalue weighted by molar-refractivity contribution is 5.98. The minimum Gasteiger partial charge on any atom is -0.368 e. The molecule has 7 heteroatoms. The number of aromatic amines is 1. The van der Waals surface area contributed by atoms with E-state index in [1.54, 1.807) is 18.5 Å². The molecular weight excluding hydrogens is 346 g/mol. The van der Waals surface area contributed by atoms with E-state index in [-0.39, 0.29) is 30.3 Å². The van der Waals surface area contributed by atoms with Crippen LogP contribution in [0.15, 0.2) is 18.5 Å². The fraction of sp³-hybridized carbons (Fsp3) is 0.650. The molecule has 0 spiro atoms. The lowest BCUT2D eigenvalue weighted by molar-refractivity contribution is -0.127. The third-order valence-electron chi connectivity index (χ3n) is 5.39. The van der Waals surface area contributed by atoms with Crippen molar-refractivity contribution in [1.29, 1.82) is 0 Å². The SMILES string of the molecule is CCC1OCC(=O)C1NC(=O)[C@H](CCC(C)C(C)C)NC(=O)c1cc[nH]c1. The van der Waals surface area contributed by atoms with E-state index < -0.39 is 12.1 Å². The maximum absolute atomic E-state index is 12.9. The Bertz CT molecular complexity index is 642. The number of ketones is 1. The number of H-pyrrole nitrogens is 1. The summed E-state index contributed by atoms with van der Waals surface area (Å²) in [6.07, 6.45) is 4.89. The average molecular weight is 377 g/mol. The van der Waals surface area contributed by atoms with Crippen LogP contribution in [0.5, 0.6) is 0 Å². The lowest BCUT2D eigenvalue weighted by Gasteiger charge is -2.24. The standard InChI is InChI=1S/C20H31N3O4/c1-5-17-18(16(24)11-27-17)23-20(26)15(7-6-13(4)12(2)3)22-19(25)14-8-9-21-10-14/h8-10,12-13,15,17-18,21H,5-7,11H2,1-4H3,(H,22,25)(H,23,26)/t13?,15-,17?,18?/m0/s1. The lowest BCUT2D eigenvalue weighted by Crippen LogP contribution is -2.53. The van der Waals surface area contributed by atoms with Crippen LogP contribution < -0.4 is 10.6 Å². The molecule has 7 nitrogen and oxygen atoms in total. The van der Waals surface area contributed by atoms with Crippen molar-refractivity contribution < 1.29 is 19.1 Å². The van der Waals surface area contributed by atoms with Gasteiger partial charge in [0.25, 0.3) is 5.91 Å². The van der Waals surface area contributed by atoms with Crippen molar-refractivity contribution in [1.82, 2.24) is 15.6 Å². The minimum absolute atomic E-state index is 0.0220. The number of hydrogen-bond acceptors (Lipinski definition) is 4. The van der Waals surface area contributed by atoms with Gasteiger partial charge in [-0.15, -0.1) is 0 Å². The van der Waals surface area contributed by atoms with Gasteiger partial charge >= 0.3 is 0 Å². The number of carbonyl (C=O) groups is 3. The molecule has 1 aliphatic rings. The number of Topliss-reactive ketones (excluding diaryl/α,β-unsaturated/α-hetero) is 1. The first-order valence-corrected chi connectivity index (χ1v) is 9.71. The number of nitrogens with one attached hydrogen (secondary N) is 3. The van der Waals surface area contributed by atoms with E-state index in [0.717, 1.165) is 6.42 Å². The summed E-state index contributed by atoms with van der Waals surface area (Å²) in [6.45, 7) is 8.35. The van der Waals surface area contributed by atoms with Gasteiger partial charge < -0.3 is 20.4 Å². The highest BCUT2D eigenvalue weighted by Crippen LogP contribution is 2.18. The van der Waals surface area contributed by atoms with Crippen LogP contribution in [0.1, 0.15) is 57.3 Å². The van der Waals surface area contributed by atoms with Crippen LogP contribution in [0, 0.1) is 11.8 Å². The zero-order chi connectivity index (χ0) is 20.0. The molecule has 3 N–H and O–H groups in total. The molecule has 1 fully saturated rings. The second kappa shape index (κ2) is 9.69. The zero-order valence-electron chi connectivity index (χ0n) is 16.6. The summed E-state index contributed by atoms with van der Waals surface area (Å²) in [5.74, 6) is 0.140. The monoisotopic (exact) mass is 377 g/mol. The van der Waals surface area contributed by atoms with Crippen molar-refractivity contribution in [3.05, 3.63) is 24.0 Å². The number of hydrogen-bond donors (Lipinski definition) is 3. The zero-order valence-corrected chi connectivity index (χ0v) is 16.6. The summed E-state index contributed by atoms with van der Waals surface area (Å²) >= 11 is 0. The molecule has 0 aliphatic carbocycles. The van der Waals surface area contributed by atoms with Gasteiger partial charge in [0.05, 0.1) is 11.7 Å². The molecule has 0 aromatic carbocycles. The summed E-state index contributed by atoms with van der Waals surface area (Å²) in [4.78, 5) is 40.1. The molecule has 1 saturated heterocycles. The van der Waals surface area contributed by atoms with E-state index in [0.29, 0.717) is 30.2 Å². The first-order valence-electron chi connectivity index (χ1n) is 9.71. The van der Waals surface area contributed by atoms with Crippen molar-refractivity contribution in [3.8, 4) is 0 Å². The molecule has 4 atom stereocenters. The third kappa shape index (κ3) is 5.66. The van der Waals surface area contributed by atoms with Crippen molar-refractivity contribution in [2.75, 3.05) is 6.61 Å². The number of rotatable bonds is 9. The van der Waals surface area contributed by atoms with Crippen LogP contribution in [-0.4, -0.2) is 47.4 Å². The minimum atomic E-state index is -0.695. The summed E-state index contributed by atoms with van der Waals surface area (Å²) in [5, 5.41) is 5.61. The van der Waals surface area contributed by atoms with Gasteiger partial charge in [-0.1, -0.05) is 27.7 Å². The van der Waals surface area contributed by atoms with Gasteiger partial charge in [-0.3, -0.25) is 14.4 Å². The highest BCUT2D eigenvalue weighted by Gasteiger charge is 2.37. The first kappa shape index (κ1) is 21.2. The Labute approximate surface area is 160 Å². The topological polar surface area (TPSA) is 100 Å². The molecule has 2 rings (SSSR count). The summed E-state index contributed by atoms with van der Waals surface area (Å²) in [7, 11) is 0. The van der Waals surface area contributed by atoms with E-state index in [2.05, 4.69) is 36.4 Å².